The van der Waals surface area contributed by atoms with Gasteiger partial charge in [-0.1, -0.05) is 18.2 Å². The lowest BCUT2D eigenvalue weighted by Gasteiger charge is -2.11. The molecule has 80 valence electrons. The van der Waals surface area contributed by atoms with Gasteiger partial charge in [0.25, 0.3) is 0 Å². The molecule has 0 saturated carbocycles. The molecule has 3 N–H and O–H groups in total. The molecule has 3 rings (SSSR count). The van der Waals surface area contributed by atoms with Crippen LogP contribution in [0.5, 0.6) is 0 Å². The van der Waals surface area contributed by atoms with Crippen LogP contribution in [0.1, 0.15) is 16.5 Å². The van der Waals surface area contributed by atoms with Crippen LogP contribution in [-0.4, -0.2) is 4.98 Å². The van der Waals surface area contributed by atoms with E-state index in [0.717, 1.165) is 5.52 Å². The van der Waals surface area contributed by atoms with E-state index >= 15 is 0 Å². The second-order valence-corrected chi connectivity index (χ2v) is 4.76. The lowest BCUT2D eigenvalue weighted by molar-refractivity contribution is 0.904. The fraction of sp³-hybridized carbons (Fsp3) is 0.0769. The van der Waals surface area contributed by atoms with Gasteiger partial charge in [-0.25, -0.2) is 0 Å². The van der Waals surface area contributed by atoms with Gasteiger partial charge in [-0.05, 0) is 29.1 Å². The highest BCUT2D eigenvalue weighted by molar-refractivity contribution is 7.10. The molecule has 3 aromatic rings. The van der Waals surface area contributed by atoms with Crippen molar-refractivity contribution in [1.82, 2.24) is 4.98 Å². The monoisotopic (exact) mass is 228 g/mol. The van der Waals surface area contributed by atoms with Crippen molar-refractivity contribution in [1.29, 1.82) is 0 Å². The van der Waals surface area contributed by atoms with Gasteiger partial charge in [-0.15, -0.1) is 11.3 Å². The Labute approximate surface area is 97.7 Å². The van der Waals surface area contributed by atoms with Crippen LogP contribution in [0.3, 0.4) is 0 Å². The first-order chi connectivity index (χ1) is 7.86. The Hall–Kier alpha value is -1.58. The van der Waals surface area contributed by atoms with Crippen molar-refractivity contribution >= 4 is 22.2 Å². The van der Waals surface area contributed by atoms with Crippen molar-refractivity contribution in [3.63, 3.8) is 0 Å². The minimum atomic E-state index is -0.0282. The zero-order chi connectivity index (χ0) is 11.0. The summed E-state index contributed by atoms with van der Waals surface area (Å²) in [5.41, 5.74) is 8.61. The Morgan fingerprint density at radius 3 is 2.88 bits per heavy atom. The van der Waals surface area contributed by atoms with Crippen LogP contribution in [-0.2, 0) is 0 Å². The summed E-state index contributed by atoms with van der Waals surface area (Å²) in [5, 5.41) is 3.27. The molecular formula is C13H12N2S. The van der Waals surface area contributed by atoms with Crippen molar-refractivity contribution in [2.24, 2.45) is 5.73 Å². The van der Waals surface area contributed by atoms with E-state index in [9.17, 15) is 0 Å². The fourth-order valence-corrected chi connectivity index (χ4v) is 2.75. The topological polar surface area (TPSA) is 41.8 Å². The number of aromatic nitrogens is 1. The van der Waals surface area contributed by atoms with E-state index in [-0.39, 0.29) is 6.04 Å². The first-order valence-corrected chi connectivity index (χ1v) is 6.09. The standard InChI is InChI=1S/C13H12N2S/c14-13(12-5-2-8-16-12)10-3-1-4-11-9(10)6-7-15-11/h1-8,13,15H,14H2/t13-/m1/s1. The van der Waals surface area contributed by atoms with E-state index < -0.39 is 0 Å². The molecule has 0 bridgehead atoms. The maximum absolute atomic E-state index is 6.28. The van der Waals surface area contributed by atoms with Crippen molar-refractivity contribution in [3.8, 4) is 0 Å². The molecule has 0 spiro atoms. The number of fused-ring (bicyclic) bond motifs is 1. The highest BCUT2D eigenvalue weighted by Crippen LogP contribution is 2.28. The number of thiophene rings is 1. The molecule has 0 aliphatic carbocycles. The van der Waals surface area contributed by atoms with E-state index in [4.69, 9.17) is 5.73 Å². The summed E-state index contributed by atoms with van der Waals surface area (Å²) in [7, 11) is 0. The predicted molar refractivity (Wildman–Crippen MR) is 68.6 cm³/mol. The lowest BCUT2D eigenvalue weighted by Crippen LogP contribution is -2.10. The van der Waals surface area contributed by atoms with Crippen molar-refractivity contribution < 1.29 is 0 Å². The normalized spacial score (nSPS) is 13.1. The molecule has 0 radical (unpaired) electrons. The molecule has 3 heteroatoms. The smallest absolute Gasteiger partial charge is 0.0652 e. The molecule has 0 aliphatic heterocycles. The third kappa shape index (κ3) is 1.45. The zero-order valence-electron chi connectivity index (χ0n) is 8.68. The first kappa shape index (κ1) is 9.63. The van der Waals surface area contributed by atoms with Crippen LogP contribution in [0.4, 0.5) is 0 Å². The Balaban J connectivity index is 2.15. The SMILES string of the molecule is N[C@@H](c1cccs1)c1cccc2[nH]ccc12. The number of nitrogens with one attached hydrogen (secondary N) is 1. The second kappa shape index (κ2) is 3.77. The van der Waals surface area contributed by atoms with Gasteiger partial charge in [0.05, 0.1) is 6.04 Å². The Kier molecular flexibility index (Phi) is 2.27. The lowest BCUT2D eigenvalue weighted by atomic mass is 10.0. The summed E-state index contributed by atoms with van der Waals surface area (Å²) in [6.07, 6.45) is 1.95. The van der Waals surface area contributed by atoms with Gasteiger partial charge in [0.2, 0.25) is 0 Å². The first-order valence-electron chi connectivity index (χ1n) is 5.21. The quantitative estimate of drug-likeness (QED) is 0.694. The summed E-state index contributed by atoms with van der Waals surface area (Å²) in [5.74, 6) is 0. The van der Waals surface area contributed by atoms with E-state index in [1.807, 2.05) is 18.3 Å². The number of hydrogen-bond acceptors (Lipinski definition) is 2. The minimum Gasteiger partial charge on any atom is -0.361 e. The molecule has 16 heavy (non-hydrogen) atoms. The van der Waals surface area contributed by atoms with Gasteiger partial charge in [0, 0.05) is 22.0 Å². The largest absolute Gasteiger partial charge is 0.361 e. The van der Waals surface area contributed by atoms with Crippen molar-refractivity contribution in [2.75, 3.05) is 0 Å². The Morgan fingerprint density at radius 2 is 2.06 bits per heavy atom. The van der Waals surface area contributed by atoms with Crippen LogP contribution >= 0.6 is 11.3 Å². The molecule has 0 amide bonds. The number of H-pyrrole nitrogens is 1. The molecule has 2 heterocycles. The van der Waals surface area contributed by atoms with Crippen LogP contribution < -0.4 is 5.73 Å². The molecule has 0 fully saturated rings. The van der Waals surface area contributed by atoms with Gasteiger partial charge in [-0.3, -0.25) is 0 Å². The third-order valence-corrected chi connectivity index (χ3v) is 3.77. The Bertz CT molecular complexity index is 595. The third-order valence-electron chi connectivity index (χ3n) is 2.81. The summed E-state index contributed by atoms with van der Waals surface area (Å²) in [6, 6.07) is 12.4. The molecule has 0 saturated heterocycles. The van der Waals surface area contributed by atoms with Crippen LogP contribution in [0.15, 0.2) is 48.0 Å². The van der Waals surface area contributed by atoms with Gasteiger partial charge in [-0.2, -0.15) is 0 Å². The molecule has 1 aromatic carbocycles. The Morgan fingerprint density at radius 1 is 1.12 bits per heavy atom. The second-order valence-electron chi connectivity index (χ2n) is 3.78. The molecule has 2 nitrogen and oxygen atoms in total. The molecule has 0 aliphatic rings. The average molecular weight is 228 g/mol. The van der Waals surface area contributed by atoms with Crippen LogP contribution in [0, 0.1) is 0 Å². The predicted octanol–water partition coefficient (Wildman–Crippen LogP) is 3.28. The number of nitrogens with two attached hydrogens (primary N) is 1. The summed E-state index contributed by atoms with van der Waals surface area (Å²) in [6.45, 7) is 0. The summed E-state index contributed by atoms with van der Waals surface area (Å²) >= 11 is 1.70. The van der Waals surface area contributed by atoms with E-state index in [0.29, 0.717) is 0 Å². The highest BCUT2D eigenvalue weighted by atomic mass is 32.1. The summed E-state index contributed by atoms with van der Waals surface area (Å²) < 4.78 is 0. The molecular weight excluding hydrogens is 216 g/mol. The van der Waals surface area contributed by atoms with Gasteiger partial charge in [0.15, 0.2) is 0 Å². The number of benzene rings is 1. The molecule has 0 unspecified atom stereocenters. The van der Waals surface area contributed by atoms with Crippen molar-refractivity contribution in [3.05, 3.63) is 58.4 Å². The number of hydrogen-bond donors (Lipinski definition) is 2. The van der Waals surface area contributed by atoms with E-state index in [1.165, 1.54) is 15.8 Å². The minimum absolute atomic E-state index is 0.0282. The van der Waals surface area contributed by atoms with Gasteiger partial charge in [0.1, 0.15) is 0 Å². The zero-order valence-corrected chi connectivity index (χ0v) is 9.50. The van der Waals surface area contributed by atoms with E-state index in [2.05, 4.69) is 34.6 Å². The number of rotatable bonds is 2. The average Bonchev–Trinajstić information content (AvgIpc) is 2.98. The number of aromatic amines is 1. The van der Waals surface area contributed by atoms with Crippen LogP contribution in [0.25, 0.3) is 10.9 Å². The summed E-state index contributed by atoms with van der Waals surface area (Å²) in [4.78, 5) is 4.41. The van der Waals surface area contributed by atoms with Crippen LogP contribution in [0.2, 0.25) is 0 Å². The van der Waals surface area contributed by atoms with Crippen molar-refractivity contribution in [2.45, 2.75) is 6.04 Å². The molecule has 1 atom stereocenters. The molecule has 2 aromatic heterocycles. The maximum Gasteiger partial charge on any atom is 0.0652 e. The van der Waals surface area contributed by atoms with Gasteiger partial charge < -0.3 is 10.7 Å². The highest BCUT2D eigenvalue weighted by Gasteiger charge is 2.12. The van der Waals surface area contributed by atoms with Gasteiger partial charge >= 0.3 is 0 Å². The van der Waals surface area contributed by atoms with E-state index in [1.54, 1.807) is 11.3 Å². The maximum atomic E-state index is 6.28. The fourth-order valence-electron chi connectivity index (χ4n) is 2.00.